The average molecular weight is 258 g/mol. The molecule has 2 heterocycles. The maximum atomic E-state index is 12.1. The number of anilines is 1. The fraction of sp³-hybridized carbons (Fsp3) is 0.562. The third-order valence-corrected chi connectivity index (χ3v) is 4.38. The van der Waals surface area contributed by atoms with E-state index in [-0.39, 0.29) is 5.91 Å². The molecule has 3 heteroatoms. The molecule has 0 aliphatic carbocycles. The van der Waals surface area contributed by atoms with E-state index in [4.69, 9.17) is 0 Å². The molecule has 2 aliphatic rings. The van der Waals surface area contributed by atoms with Gasteiger partial charge in [-0.25, -0.2) is 0 Å². The van der Waals surface area contributed by atoms with Gasteiger partial charge in [0.05, 0.1) is 0 Å². The first-order valence-corrected chi connectivity index (χ1v) is 7.31. The lowest BCUT2D eigenvalue weighted by molar-refractivity contribution is -0.117. The van der Waals surface area contributed by atoms with E-state index in [1.165, 1.54) is 18.4 Å². The first-order chi connectivity index (χ1) is 9.19. The normalized spacial score (nSPS) is 29.2. The number of amides is 1. The van der Waals surface area contributed by atoms with Crippen molar-refractivity contribution in [2.45, 2.75) is 51.1 Å². The van der Waals surface area contributed by atoms with E-state index in [1.54, 1.807) is 0 Å². The Bertz CT molecular complexity index is 442. The Hall–Kier alpha value is -1.35. The van der Waals surface area contributed by atoms with E-state index in [9.17, 15) is 4.79 Å². The minimum absolute atomic E-state index is 0.162. The Morgan fingerprint density at radius 1 is 1.21 bits per heavy atom. The Morgan fingerprint density at radius 3 is 2.47 bits per heavy atom. The van der Waals surface area contributed by atoms with Gasteiger partial charge in [0.15, 0.2) is 0 Å². The third-order valence-electron chi connectivity index (χ3n) is 4.38. The fourth-order valence-electron chi connectivity index (χ4n) is 3.45. The largest absolute Gasteiger partial charge is 0.326 e. The zero-order valence-electron chi connectivity index (χ0n) is 11.5. The number of benzene rings is 1. The highest BCUT2D eigenvalue weighted by Gasteiger charge is 2.34. The highest BCUT2D eigenvalue weighted by Crippen LogP contribution is 2.32. The third kappa shape index (κ3) is 3.16. The summed E-state index contributed by atoms with van der Waals surface area (Å²) in [5.41, 5.74) is 2.13. The van der Waals surface area contributed by atoms with E-state index in [0.717, 1.165) is 18.5 Å². The van der Waals surface area contributed by atoms with Gasteiger partial charge in [0.1, 0.15) is 0 Å². The number of carbonyl (C=O) groups excluding carboxylic acids is 1. The Morgan fingerprint density at radius 2 is 1.84 bits per heavy atom. The van der Waals surface area contributed by atoms with Crippen LogP contribution in [0.25, 0.3) is 0 Å². The van der Waals surface area contributed by atoms with Gasteiger partial charge in [-0.3, -0.25) is 4.79 Å². The van der Waals surface area contributed by atoms with Crippen molar-refractivity contribution in [2.75, 3.05) is 5.32 Å². The van der Waals surface area contributed by atoms with Crippen molar-refractivity contribution in [3.63, 3.8) is 0 Å². The molecule has 2 unspecified atom stereocenters. The summed E-state index contributed by atoms with van der Waals surface area (Å²) in [6.45, 7) is 2.05. The predicted molar refractivity (Wildman–Crippen MR) is 77.1 cm³/mol. The van der Waals surface area contributed by atoms with Crippen LogP contribution in [0, 0.1) is 12.8 Å². The van der Waals surface area contributed by atoms with Crippen molar-refractivity contribution in [3.8, 4) is 0 Å². The van der Waals surface area contributed by atoms with Gasteiger partial charge in [-0.15, -0.1) is 0 Å². The minimum Gasteiger partial charge on any atom is -0.326 e. The van der Waals surface area contributed by atoms with Crippen molar-refractivity contribution < 1.29 is 4.79 Å². The van der Waals surface area contributed by atoms with E-state index in [0.29, 0.717) is 24.4 Å². The molecule has 1 aromatic rings. The van der Waals surface area contributed by atoms with Gasteiger partial charge in [0.25, 0.3) is 0 Å². The molecule has 0 spiro atoms. The van der Waals surface area contributed by atoms with Crippen LogP contribution < -0.4 is 10.6 Å². The summed E-state index contributed by atoms with van der Waals surface area (Å²) in [7, 11) is 0. The number of hydrogen-bond donors (Lipinski definition) is 2. The van der Waals surface area contributed by atoms with Crippen LogP contribution in [0.1, 0.15) is 37.7 Å². The van der Waals surface area contributed by atoms with Crippen molar-refractivity contribution in [2.24, 2.45) is 5.92 Å². The zero-order valence-corrected chi connectivity index (χ0v) is 11.5. The van der Waals surface area contributed by atoms with Gasteiger partial charge in [-0.05, 0) is 50.7 Å². The van der Waals surface area contributed by atoms with Crippen LogP contribution in [-0.2, 0) is 4.79 Å². The molecular formula is C16H22N2O. The molecule has 1 amide bonds. The minimum atomic E-state index is 0.162. The van der Waals surface area contributed by atoms with Crippen LogP contribution in [0.5, 0.6) is 0 Å². The molecule has 2 saturated heterocycles. The summed E-state index contributed by atoms with van der Waals surface area (Å²) < 4.78 is 0. The van der Waals surface area contributed by atoms with E-state index >= 15 is 0 Å². The maximum Gasteiger partial charge on any atom is 0.224 e. The summed E-state index contributed by atoms with van der Waals surface area (Å²) in [6.07, 6.45) is 5.58. The number of nitrogens with one attached hydrogen (secondary N) is 2. The Kier molecular flexibility index (Phi) is 3.56. The molecule has 0 radical (unpaired) electrons. The van der Waals surface area contributed by atoms with Gasteiger partial charge >= 0.3 is 0 Å². The summed E-state index contributed by atoms with van der Waals surface area (Å²) in [5, 5.41) is 6.62. The Labute approximate surface area is 114 Å². The fourth-order valence-corrected chi connectivity index (χ4v) is 3.45. The highest BCUT2D eigenvalue weighted by molar-refractivity contribution is 5.90. The molecule has 2 N–H and O–H groups in total. The van der Waals surface area contributed by atoms with Gasteiger partial charge < -0.3 is 10.6 Å². The molecule has 1 aromatic carbocycles. The lowest BCUT2D eigenvalue weighted by Crippen LogP contribution is -2.39. The van der Waals surface area contributed by atoms with Crippen LogP contribution >= 0.6 is 0 Å². The van der Waals surface area contributed by atoms with Gasteiger partial charge in [0, 0.05) is 24.2 Å². The molecule has 2 bridgehead atoms. The van der Waals surface area contributed by atoms with Crippen LogP contribution in [0.15, 0.2) is 24.3 Å². The van der Waals surface area contributed by atoms with Crippen molar-refractivity contribution in [1.29, 1.82) is 0 Å². The van der Waals surface area contributed by atoms with Gasteiger partial charge in [-0.2, -0.15) is 0 Å². The number of hydrogen-bond acceptors (Lipinski definition) is 2. The van der Waals surface area contributed by atoms with Crippen LogP contribution in [0.4, 0.5) is 5.69 Å². The summed E-state index contributed by atoms with van der Waals surface area (Å²) >= 11 is 0. The molecule has 3 nitrogen and oxygen atoms in total. The number of carbonyl (C=O) groups is 1. The predicted octanol–water partition coefficient (Wildman–Crippen LogP) is 2.85. The van der Waals surface area contributed by atoms with E-state index < -0.39 is 0 Å². The lowest BCUT2D eigenvalue weighted by atomic mass is 9.89. The monoisotopic (exact) mass is 258 g/mol. The molecule has 19 heavy (non-hydrogen) atoms. The van der Waals surface area contributed by atoms with E-state index in [2.05, 4.69) is 17.6 Å². The second kappa shape index (κ2) is 5.33. The molecule has 3 rings (SSSR count). The van der Waals surface area contributed by atoms with Crippen LogP contribution in [0.3, 0.4) is 0 Å². The summed E-state index contributed by atoms with van der Waals surface area (Å²) in [6, 6.07) is 9.33. The first kappa shape index (κ1) is 12.7. The topological polar surface area (TPSA) is 41.1 Å². The van der Waals surface area contributed by atoms with Crippen LogP contribution in [0.2, 0.25) is 0 Å². The summed E-state index contributed by atoms with van der Waals surface area (Å²) in [4.78, 5) is 12.1. The van der Waals surface area contributed by atoms with Crippen molar-refractivity contribution >= 4 is 11.6 Å². The number of aryl methyl sites for hydroxylation is 1. The molecule has 102 valence electrons. The second-order valence-electron chi connectivity index (χ2n) is 6.09. The van der Waals surface area contributed by atoms with Crippen LogP contribution in [-0.4, -0.2) is 18.0 Å². The molecule has 0 saturated carbocycles. The number of rotatable bonds is 3. The molecule has 0 aromatic heterocycles. The number of piperidine rings is 1. The molecular weight excluding hydrogens is 236 g/mol. The smallest absolute Gasteiger partial charge is 0.224 e. The zero-order chi connectivity index (χ0) is 13.2. The van der Waals surface area contributed by atoms with Crippen molar-refractivity contribution in [1.82, 2.24) is 5.32 Å². The average Bonchev–Trinajstić information content (AvgIpc) is 2.72. The van der Waals surface area contributed by atoms with E-state index in [1.807, 2.05) is 24.3 Å². The maximum absolute atomic E-state index is 12.1. The first-order valence-electron chi connectivity index (χ1n) is 7.31. The number of fused-ring (bicyclic) bond motifs is 2. The quantitative estimate of drug-likeness (QED) is 0.875. The van der Waals surface area contributed by atoms with Crippen molar-refractivity contribution in [3.05, 3.63) is 29.8 Å². The second-order valence-corrected chi connectivity index (χ2v) is 6.09. The Balaban J connectivity index is 1.52. The molecule has 2 fully saturated rings. The van der Waals surface area contributed by atoms with Gasteiger partial charge in [-0.1, -0.05) is 17.7 Å². The SMILES string of the molecule is Cc1ccc(NC(=O)CC2CC3CCC(C2)N3)cc1. The lowest BCUT2D eigenvalue weighted by Gasteiger charge is -2.28. The molecule has 2 atom stereocenters. The molecule has 2 aliphatic heterocycles. The van der Waals surface area contributed by atoms with Gasteiger partial charge in [0.2, 0.25) is 5.91 Å². The standard InChI is InChI=1S/C16H22N2O/c1-11-2-4-13(5-3-11)18-16(19)10-12-8-14-6-7-15(9-12)17-14/h2-5,12,14-15,17H,6-10H2,1H3,(H,18,19). The highest BCUT2D eigenvalue weighted by atomic mass is 16.1. The summed E-state index contributed by atoms with van der Waals surface area (Å²) in [5.74, 6) is 0.722.